The third-order valence-electron chi connectivity index (χ3n) is 4.48. The molecule has 0 unspecified atom stereocenters. The highest BCUT2D eigenvalue weighted by atomic mass is 32.2. The van der Waals surface area contributed by atoms with Gasteiger partial charge in [-0.1, -0.05) is 0 Å². The molecule has 2 saturated heterocycles. The van der Waals surface area contributed by atoms with Gasteiger partial charge in [-0.15, -0.1) is 0 Å². The average molecular weight is 369 g/mol. The monoisotopic (exact) mass is 369 g/mol. The van der Waals surface area contributed by atoms with Crippen LogP contribution in [0.4, 0.5) is 0 Å². The molecule has 2 fully saturated rings. The van der Waals surface area contributed by atoms with Gasteiger partial charge < -0.3 is 14.4 Å². The standard InChI is InChI=1S/C16H23N3O5S/c1-2-25(21,22)19-12-14(24-13-4-3-5-17-11-13)10-15(19)16(20)18-6-8-23-9-7-18/h3-5,11,14-15H,2,6-10,12H2,1H3/t14-,15-/m0/s1. The molecular weight excluding hydrogens is 346 g/mol. The van der Waals surface area contributed by atoms with Gasteiger partial charge in [0, 0.05) is 25.7 Å². The first-order valence-corrected chi connectivity index (χ1v) is 10.0. The summed E-state index contributed by atoms with van der Waals surface area (Å²) in [7, 11) is -3.50. The van der Waals surface area contributed by atoms with Gasteiger partial charge in [0.1, 0.15) is 17.9 Å². The summed E-state index contributed by atoms with van der Waals surface area (Å²) in [5.41, 5.74) is 0. The summed E-state index contributed by atoms with van der Waals surface area (Å²) in [6.45, 7) is 3.70. The van der Waals surface area contributed by atoms with Crippen molar-refractivity contribution < 1.29 is 22.7 Å². The summed E-state index contributed by atoms with van der Waals surface area (Å²) in [5.74, 6) is 0.359. The summed E-state index contributed by atoms with van der Waals surface area (Å²) in [6.07, 6.45) is 3.18. The molecule has 0 saturated carbocycles. The summed E-state index contributed by atoms with van der Waals surface area (Å²) < 4.78 is 37.3. The number of ether oxygens (including phenoxy) is 2. The van der Waals surface area contributed by atoms with E-state index in [1.807, 2.05) is 0 Å². The molecule has 138 valence electrons. The van der Waals surface area contributed by atoms with Crippen LogP contribution in [0, 0.1) is 0 Å². The van der Waals surface area contributed by atoms with E-state index < -0.39 is 16.1 Å². The Bertz CT molecular complexity index is 691. The molecule has 0 spiro atoms. The Hall–Kier alpha value is -1.71. The van der Waals surface area contributed by atoms with Crippen molar-refractivity contribution in [3.63, 3.8) is 0 Å². The van der Waals surface area contributed by atoms with E-state index in [-0.39, 0.29) is 24.3 Å². The minimum absolute atomic E-state index is 0.0422. The van der Waals surface area contributed by atoms with Crippen LogP contribution < -0.4 is 4.74 Å². The van der Waals surface area contributed by atoms with Gasteiger partial charge >= 0.3 is 0 Å². The second-order valence-corrected chi connectivity index (χ2v) is 8.30. The number of amides is 1. The van der Waals surface area contributed by atoms with Crippen molar-refractivity contribution in [3.8, 4) is 5.75 Å². The van der Waals surface area contributed by atoms with Gasteiger partial charge in [-0.3, -0.25) is 9.78 Å². The van der Waals surface area contributed by atoms with Crippen LogP contribution in [0.2, 0.25) is 0 Å². The molecule has 0 aromatic carbocycles. The number of hydrogen-bond donors (Lipinski definition) is 0. The quantitative estimate of drug-likeness (QED) is 0.732. The molecule has 1 aromatic heterocycles. The zero-order valence-corrected chi connectivity index (χ0v) is 15.0. The number of hydrogen-bond acceptors (Lipinski definition) is 6. The summed E-state index contributed by atoms with van der Waals surface area (Å²) in [6, 6.07) is 2.80. The van der Waals surface area contributed by atoms with Crippen molar-refractivity contribution in [2.75, 3.05) is 38.6 Å². The van der Waals surface area contributed by atoms with E-state index in [1.54, 1.807) is 36.4 Å². The molecule has 0 aliphatic carbocycles. The number of nitrogens with zero attached hydrogens (tertiary/aromatic N) is 3. The molecular formula is C16H23N3O5S. The van der Waals surface area contributed by atoms with Crippen LogP contribution in [-0.2, 0) is 19.6 Å². The van der Waals surface area contributed by atoms with Crippen LogP contribution in [-0.4, -0.2) is 79.3 Å². The van der Waals surface area contributed by atoms with E-state index in [1.165, 1.54) is 4.31 Å². The Morgan fingerprint density at radius 1 is 1.40 bits per heavy atom. The summed E-state index contributed by atoms with van der Waals surface area (Å²) in [5, 5.41) is 0. The minimum Gasteiger partial charge on any atom is -0.487 e. The maximum Gasteiger partial charge on any atom is 0.241 e. The zero-order chi connectivity index (χ0) is 17.9. The van der Waals surface area contributed by atoms with Crippen LogP contribution in [0.3, 0.4) is 0 Å². The summed E-state index contributed by atoms with van der Waals surface area (Å²) >= 11 is 0. The maximum absolute atomic E-state index is 12.9. The highest BCUT2D eigenvalue weighted by molar-refractivity contribution is 7.89. The smallest absolute Gasteiger partial charge is 0.241 e. The van der Waals surface area contributed by atoms with Crippen LogP contribution in [0.15, 0.2) is 24.5 Å². The van der Waals surface area contributed by atoms with Crippen molar-refractivity contribution in [1.29, 1.82) is 0 Å². The third kappa shape index (κ3) is 4.10. The van der Waals surface area contributed by atoms with Gasteiger partial charge in [0.05, 0.1) is 31.7 Å². The van der Waals surface area contributed by atoms with Crippen LogP contribution in [0.1, 0.15) is 13.3 Å². The lowest BCUT2D eigenvalue weighted by Gasteiger charge is -2.31. The Morgan fingerprint density at radius 2 is 2.16 bits per heavy atom. The molecule has 9 heteroatoms. The third-order valence-corrected chi connectivity index (χ3v) is 6.33. The minimum atomic E-state index is -3.50. The lowest BCUT2D eigenvalue weighted by atomic mass is 10.1. The van der Waals surface area contributed by atoms with Gasteiger partial charge in [0.25, 0.3) is 0 Å². The Labute approximate surface area is 147 Å². The Morgan fingerprint density at radius 3 is 2.80 bits per heavy atom. The highest BCUT2D eigenvalue weighted by Gasteiger charge is 2.45. The topological polar surface area (TPSA) is 89.0 Å². The lowest BCUT2D eigenvalue weighted by molar-refractivity contribution is -0.138. The Balaban J connectivity index is 1.77. The largest absolute Gasteiger partial charge is 0.487 e. The molecule has 3 rings (SSSR count). The fraction of sp³-hybridized carbons (Fsp3) is 0.625. The van der Waals surface area contributed by atoms with Crippen molar-refractivity contribution >= 4 is 15.9 Å². The normalized spacial score (nSPS) is 25.1. The fourth-order valence-corrected chi connectivity index (χ4v) is 4.44. The molecule has 1 aromatic rings. The zero-order valence-electron chi connectivity index (χ0n) is 14.2. The predicted octanol–water partition coefficient (Wildman–Crippen LogP) is 0.112. The van der Waals surface area contributed by atoms with Gasteiger partial charge in [0.2, 0.25) is 15.9 Å². The van der Waals surface area contributed by atoms with E-state index in [0.717, 1.165) is 0 Å². The number of carbonyl (C=O) groups is 1. The van der Waals surface area contributed by atoms with E-state index in [4.69, 9.17) is 9.47 Å². The number of pyridine rings is 1. The van der Waals surface area contributed by atoms with Gasteiger partial charge in [-0.2, -0.15) is 4.31 Å². The highest BCUT2D eigenvalue weighted by Crippen LogP contribution is 2.27. The molecule has 2 atom stereocenters. The first-order chi connectivity index (χ1) is 12.0. The van der Waals surface area contributed by atoms with Crippen LogP contribution in [0.25, 0.3) is 0 Å². The van der Waals surface area contributed by atoms with Crippen molar-refractivity contribution in [1.82, 2.24) is 14.2 Å². The van der Waals surface area contributed by atoms with Gasteiger partial charge in [-0.05, 0) is 19.1 Å². The van der Waals surface area contributed by atoms with E-state index in [0.29, 0.717) is 38.5 Å². The second-order valence-electron chi connectivity index (χ2n) is 6.09. The van der Waals surface area contributed by atoms with E-state index in [9.17, 15) is 13.2 Å². The summed E-state index contributed by atoms with van der Waals surface area (Å²) in [4.78, 5) is 18.5. The van der Waals surface area contributed by atoms with Crippen molar-refractivity contribution in [3.05, 3.63) is 24.5 Å². The first-order valence-electron chi connectivity index (χ1n) is 8.44. The molecule has 2 aliphatic rings. The fourth-order valence-electron chi connectivity index (χ4n) is 3.16. The molecule has 25 heavy (non-hydrogen) atoms. The second kappa shape index (κ2) is 7.67. The first kappa shape index (κ1) is 18.1. The van der Waals surface area contributed by atoms with Crippen molar-refractivity contribution in [2.45, 2.75) is 25.5 Å². The number of morpholine rings is 1. The Kier molecular flexibility index (Phi) is 5.55. The van der Waals surface area contributed by atoms with Gasteiger partial charge in [-0.25, -0.2) is 8.42 Å². The van der Waals surface area contributed by atoms with Crippen LogP contribution in [0.5, 0.6) is 5.75 Å². The molecule has 0 N–H and O–H groups in total. The van der Waals surface area contributed by atoms with E-state index >= 15 is 0 Å². The molecule has 2 aliphatic heterocycles. The SMILES string of the molecule is CCS(=O)(=O)N1C[C@@H](Oc2cccnc2)C[C@H]1C(=O)N1CCOCC1. The van der Waals surface area contributed by atoms with Crippen molar-refractivity contribution in [2.24, 2.45) is 0 Å². The molecule has 1 amide bonds. The molecule has 3 heterocycles. The maximum atomic E-state index is 12.9. The van der Waals surface area contributed by atoms with Gasteiger partial charge in [0.15, 0.2) is 0 Å². The van der Waals surface area contributed by atoms with E-state index in [2.05, 4.69) is 4.98 Å². The average Bonchev–Trinajstić information content (AvgIpc) is 3.07. The number of sulfonamides is 1. The molecule has 0 radical (unpaired) electrons. The molecule has 8 nitrogen and oxygen atoms in total. The number of carbonyl (C=O) groups excluding carboxylic acids is 1. The lowest BCUT2D eigenvalue weighted by Crippen LogP contribution is -2.51. The number of rotatable bonds is 5. The van der Waals surface area contributed by atoms with Crippen LogP contribution >= 0.6 is 0 Å². The molecule has 0 bridgehead atoms. The number of aromatic nitrogens is 1. The predicted molar refractivity (Wildman–Crippen MR) is 90.6 cm³/mol.